The maximum atomic E-state index is 6.35. The number of ether oxygens (including phenoxy) is 6. The van der Waals surface area contributed by atoms with Crippen LogP contribution in [0.5, 0.6) is 34.5 Å². The Kier molecular flexibility index (Phi) is 8.59. The van der Waals surface area contributed by atoms with Gasteiger partial charge < -0.3 is 28.4 Å². The fourth-order valence-corrected chi connectivity index (χ4v) is 8.36. The Labute approximate surface area is 316 Å². The lowest BCUT2D eigenvalue weighted by Crippen LogP contribution is -2.10. The van der Waals surface area contributed by atoms with Gasteiger partial charge in [0.25, 0.3) is 0 Å². The molecule has 0 saturated carbocycles. The van der Waals surface area contributed by atoms with Crippen LogP contribution in [0.3, 0.4) is 0 Å². The summed E-state index contributed by atoms with van der Waals surface area (Å²) in [4.78, 5) is 0. The Hall–Kier alpha value is -5.88. The fourth-order valence-electron chi connectivity index (χ4n) is 8.36. The predicted octanol–water partition coefficient (Wildman–Crippen LogP) is 8.86. The highest BCUT2D eigenvalue weighted by Gasteiger charge is 2.20. The van der Waals surface area contributed by atoms with Crippen molar-refractivity contribution in [2.45, 2.75) is 38.5 Å². The van der Waals surface area contributed by atoms with Crippen molar-refractivity contribution >= 4 is 0 Å². The second-order valence-electron chi connectivity index (χ2n) is 14.7. The summed E-state index contributed by atoms with van der Waals surface area (Å²) in [5.74, 6) is 5.10. The van der Waals surface area contributed by atoms with E-state index < -0.39 is 0 Å². The third kappa shape index (κ3) is 6.84. The van der Waals surface area contributed by atoms with Gasteiger partial charge in [-0.2, -0.15) is 0 Å². The summed E-state index contributed by atoms with van der Waals surface area (Å²) in [6.07, 6.45) is 4.79. The van der Waals surface area contributed by atoms with Crippen LogP contribution in [0.15, 0.2) is 109 Å². The van der Waals surface area contributed by atoms with Crippen LogP contribution >= 0.6 is 0 Å². The van der Waals surface area contributed by atoms with Crippen molar-refractivity contribution in [1.82, 2.24) is 0 Å². The molecular weight excluding hydrogens is 673 g/mol. The molecule has 0 radical (unpaired) electrons. The zero-order valence-corrected chi connectivity index (χ0v) is 30.3. The van der Waals surface area contributed by atoms with Crippen molar-refractivity contribution in [2.24, 2.45) is 0 Å². The van der Waals surface area contributed by atoms with Crippen LogP contribution < -0.4 is 28.4 Å². The molecule has 0 aromatic heterocycles. The lowest BCUT2D eigenvalue weighted by Gasteiger charge is -2.16. The molecule has 6 heteroatoms. The standard InChI is InChI=1S/C48H42O6/c1-7-43-25-37-20-32-2-8-45-27-39(32)21-33-3-9-44(26-38(33)19-31(1)37)51-15-16-53-47-11-5-36-24-42-30-48(54-18-17-52-45)12-6-35(42)22-40-28-46(50-14-13-49-43)10-4-34(40)23-41(36)29-47/h1-12,25-30H,13-24H2. The lowest BCUT2D eigenvalue weighted by molar-refractivity contribution is 0.217. The minimum atomic E-state index is 0.443. The number of hydrogen-bond acceptors (Lipinski definition) is 6. The van der Waals surface area contributed by atoms with Gasteiger partial charge in [0.1, 0.15) is 74.1 Å². The first-order valence-corrected chi connectivity index (χ1v) is 19.1. The van der Waals surface area contributed by atoms with Gasteiger partial charge in [-0.05, 0) is 178 Å². The number of benzene rings is 6. The molecule has 19 rings (SSSR count). The average molecular weight is 715 g/mol. The minimum Gasteiger partial charge on any atom is -0.490 e. The Morgan fingerprint density at radius 2 is 0.370 bits per heavy atom. The van der Waals surface area contributed by atoms with Gasteiger partial charge in [0.2, 0.25) is 0 Å². The average Bonchev–Trinajstić information content (AvgIpc) is 3.28. The van der Waals surface area contributed by atoms with E-state index in [9.17, 15) is 0 Å². The second kappa shape index (κ2) is 14.2. The molecular formula is C48H42O6. The summed E-state index contributed by atoms with van der Waals surface area (Å²) < 4.78 is 38.1. The van der Waals surface area contributed by atoms with Gasteiger partial charge in [-0.15, -0.1) is 0 Å². The first kappa shape index (κ1) is 32.7. The third-order valence-electron chi connectivity index (χ3n) is 11.2. The van der Waals surface area contributed by atoms with E-state index >= 15 is 0 Å². The summed E-state index contributed by atoms with van der Waals surface area (Å²) in [5.41, 5.74) is 15.2. The topological polar surface area (TPSA) is 55.4 Å². The van der Waals surface area contributed by atoms with E-state index in [4.69, 9.17) is 28.4 Å². The molecule has 6 aromatic rings. The van der Waals surface area contributed by atoms with Gasteiger partial charge in [0.15, 0.2) is 0 Å². The van der Waals surface area contributed by atoms with Crippen LogP contribution in [0.1, 0.15) is 66.8 Å². The highest BCUT2D eigenvalue weighted by molar-refractivity contribution is 5.52. The Morgan fingerprint density at radius 3 is 0.537 bits per heavy atom. The normalized spacial score (nSPS) is 15.8. The smallest absolute Gasteiger partial charge is 0.122 e. The van der Waals surface area contributed by atoms with Gasteiger partial charge >= 0.3 is 0 Å². The largest absolute Gasteiger partial charge is 0.490 e. The van der Waals surface area contributed by atoms with Gasteiger partial charge in [-0.25, -0.2) is 0 Å². The van der Waals surface area contributed by atoms with Gasteiger partial charge in [-0.3, -0.25) is 0 Å². The van der Waals surface area contributed by atoms with Crippen molar-refractivity contribution in [1.29, 1.82) is 0 Å². The highest BCUT2D eigenvalue weighted by atomic mass is 16.5. The summed E-state index contributed by atoms with van der Waals surface area (Å²) >= 11 is 0. The molecule has 0 amide bonds. The van der Waals surface area contributed by atoms with Crippen molar-refractivity contribution in [3.05, 3.63) is 176 Å². The fraction of sp³-hybridized carbons (Fsp3) is 0.250. The molecule has 13 aliphatic rings. The predicted molar refractivity (Wildman–Crippen MR) is 208 cm³/mol. The van der Waals surface area contributed by atoms with Gasteiger partial charge in [0, 0.05) is 0 Å². The van der Waals surface area contributed by atoms with Crippen LogP contribution in [0, 0.1) is 0 Å². The highest BCUT2D eigenvalue weighted by Crippen LogP contribution is 2.35. The lowest BCUT2D eigenvalue weighted by atomic mass is 9.94. The maximum absolute atomic E-state index is 6.35. The quantitative estimate of drug-likeness (QED) is 0.157. The molecule has 0 unspecified atom stereocenters. The van der Waals surface area contributed by atoms with E-state index in [0.717, 1.165) is 73.0 Å². The number of hydrogen-bond donors (Lipinski definition) is 0. The summed E-state index contributed by atoms with van der Waals surface area (Å²) in [5, 5.41) is 0. The molecule has 0 saturated heterocycles. The van der Waals surface area contributed by atoms with Gasteiger partial charge in [-0.1, -0.05) is 36.4 Å². The third-order valence-corrected chi connectivity index (χ3v) is 11.2. The monoisotopic (exact) mass is 714 g/mol. The van der Waals surface area contributed by atoms with Crippen molar-refractivity contribution < 1.29 is 28.4 Å². The second-order valence-corrected chi connectivity index (χ2v) is 14.7. The molecule has 2 aliphatic carbocycles. The van der Waals surface area contributed by atoms with Crippen LogP contribution in [0.2, 0.25) is 0 Å². The van der Waals surface area contributed by atoms with Crippen LogP contribution in [-0.2, 0) is 38.5 Å². The van der Waals surface area contributed by atoms with Crippen molar-refractivity contribution in [3.63, 3.8) is 0 Å². The Bertz CT molecular complexity index is 1950. The molecule has 18 bridgehead atoms. The first-order chi connectivity index (χ1) is 26.6. The molecule has 0 atom stereocenters. The van der Waals surface area contributed by atoms with Crippen LogP contribution in [0.25, 0.3) is 0 Å². The van der Waals surface area contributed by atoms with E-state index in [-0.39, 0.29) is 0 Å². The van der Waals surface area contributed by atoms with Crippen molar-refractivity contribution in [3.8, 4) is 34.5 Å². The number of rotatable bonds is 0. The Balaban J connectivity index is 1.12. The SMILES string of the molecule is c1cc2c3cc1OCCOc1ccc4c(c1)Cc1ccc5cc1Cc1ccc(cc1C4)OCCOc1ccc(c(c1)C2)Cc1cc(ccc1C3)OCCO5. The maximum Gasteiger partial charge on any atom is 0.122 e. The minimum absolute atomic E-state index is 0.443. The zero-order chi connectivity index (χ0) is 35.8. The molecule has 6 nitrogen and oxygen atoms in total. The van der Waals surface area contributed by atoms with E-state index in [1.165, 1.54) is 66.8 Å². The van der Waals surface area contributed by atoms with E-state index in [1.54, 1.807) is 0 Å². The molecule has 0 fully saturated rings. The van der Waals surface area contributed by atoms with E-state index in [0.29, 0.717) is 39.6 Å². The van der Waals surface area contributed by atoms with Crippen LogP contribution in [-0.4, -0.2) is 39.6 Å². The zero-order valence-electron chi connectivity index (χ0n) is 30.3. The summed E-state index contributed by atoms with van der Waals surface area (Å²) in [6, 6.07) is 39.1. The molecule has 54 heavy (non-hydrogen) atoms. The summed E-state index contributed by atoms with van der Waals surface area (Å²) in [7, 11) is 0. The molecule has 11 aliphatic heterocycles. The Morgan fingerprint density at radius 1 is 0.204 bits per heavy atom. The van der Waals surface area contributed by atoms with Crippen LogP contribution in [0.4, 0.5) is 0 Å². The molecule has 0 spiro atoms. The van der Waals surface area contributed by atoms with Crippen molar-refractivity contribution in [2.75, 3.05) is 39.6 Å². The molecule has 6 aromatic carbocycles. The molecule has 270 valence electrons. The van der Waals surface area contributed by atoms with E-state index in [1.807, 2.05) is 0 Å². The van der Waals surface area contributed by atoms with E-state index in [2.05, 4.69) is 109 Å². The molecule has 11 heterocycles. The molecule has 0 N–H and O–H groups in total. The first-order valence-electron chi connectivity index (χ1n) is 19.1. The van der Waals surface area contributed by atoms with Gasteiger partial charge in [0.05, 0.1) is 0 Å². The summed E-state index contributed by atoms with van der Waals surface area (Å²) in [6.45, 7) is 2.66.